The highest BCUT2D eigenvalue weighted by molar-refractivity contribution is 5.96. The van der Waals surface area contributed by atoms with Crippen LogP contribution in [0.25, 0.3) is 0 Å². The van der Waals surface area contributed by atoms with Crippen molar-refractivity contribution in [3.63, 3.8) is 0 Å². The van der Waals surface area contributed by atoms with E-state index in [1.807, 2.05) is 13.8 Å². The van der Waals surface area contributed by atoms with Crippen molar-refractivity contribution >= 4 is 34.9 Å². The number of ether oxygens (including phenoxy) is 1. The van der Waals surface area contributed by atoms with E-state index in [0.717, 1.165) is 11.1 Å². The Balaban J connectivity index is 1.15. The van der Waals surface area contributed by atoms with Gasteiger partial charge in [0.1, 0.15) is 36.3 Å². The first-order valence-electron chi connectivity index (χ1n) is 20.8. The van der Waals surface area contributed by atoms with E-state index in [9.17, 15) is 54.3 Å². The zero-order chi connectivity index (χ0) is 40.6. The number of hydrogen-bond acceptors (Lipinski definition) is 12. The molecule has 0 radical (unpaired) electrons. The number of carbonyl (C=O) groups is 6. The summed E-state index contributed by atoms with van der Waals surface area (Å²) < 4.78 is 6.51. The molecular weight excluding hydrogens is 720 g/mol. The van der Waals surface area contributed by atoms with Crippen LogP contribution in [-0.2, 0) is 33.5 Å². The predicted octanol–water partition coefficient (Wildman–Crippen LogP) is 3.07. The maximum atomic E-state index is 14.8. The normalized spacial score (nSPS) is 49.3. The van der Waals surface area contributed by atoms with Gasteiger partial charge in [-0.3, -0.25) is 28.8 Å². The second kappa shape index (κ2) is 12.8. The van der Waals surface area contributed by atoms with Gasteiger partial charge in [0.2, 0.25) is 0 Å². The van der Waals surface area contributed by atoms with Crippen molar-refractivity contribution in [2.75, 3.05) is 13.2 Å². The van der Waals surface area contributed by atoms with Gasteiger partial charge in [0.25, 0.3) is 0 Å². The van der Waals surface area contributed by atoms with E-state index in [0.29, 0.717) is 44.9 Å². The predicted molar refractivity (Wildman–Crippen MR) is 198 cm³/mol. The van der Waals surface area contributed by atoms with Gasteiger partial charge in [-0.2, -0.15) is 0 Å². The number of aliphatic hydroxyl groups is 5. The van der Waals surface area contributed by atoms with E-state index in [-0.39, 0.29) is 86.0 Å². The zero-order valence-corrected chi connectivity index (χ0v) is 33.1. The Morgan fingerprint density at radius 3 is 2.02 bits per heavy atom. The fraction of sp³-hybridized carbons (Fsp3) is 0.773. The smallest absolute Gasteiger partial charge is 0.306 e. The number of Topliss-reactive ketones (excluding diaryl/α,β-unsaturated/α-hetero) is 3. The van der Waals surface area contributed by atoms with E-state index in [4.69, 9.17) is 4.74 Å². The summed E-state index contributed by atoms with van der Waals surface area (Å²) >= 11 is 0. The van der Waals surface area contributed by atoms with Crippen LogP contribution >= 0.6 is 0 Å². The number of aliphatic hydroxyl groups excluding tert-OH is 3. The SMILES string of the molecule is C[C@]12CCC(=O)C=C1CC[C@H]1[C@@H]3CC[C@](O)(C(=O)CO)[C@@]3(C)C[C@H](O)[C@@]12CC(=O)OC1CC(=O)C=C2CC[C@H]3[C@@H]4CC[C@](O)(C(=O)CO)[C@@]4(C)CC(=O)[C@@H]3[C@]21C. The minimum Gasteiger partial charge on any atom is -0.461 e. The molecule has 5 N–H and O–H groups in total. The zero-order valence-electron chi connectivity index (χ0n) is 33.1. The van der Waals surface area contributed by atoms with Crippen molar-refractivity contribution in [2.24, 2.45) is 56.7 Å². The highest BCUT2D eigenvalue weighted by atomic mass is 16.5. The number of rotatable bonds is 7. The summed E-state index contributed by atoms with van der Waals surface area (Å²) in [5.74, 6) is -4.14. The minimum atomic E-state index is -1.85. The Bertz CT molecular complexity index is 1870. The Labute approximate surface area is 327 Å². The molecular formula is C44H58O12. The average molecular weight is 779 g/mol. The second-order valence-corrected chi connectivity index (χ2v) is 20.0. The first-order chi connectivity index (χ1) is 26.2. The number of hydrogen-bond donors (Lipinski definition) is 5. The van der Waals surface area contributed by atoms with Crippen LogP contribution in [0, 0.1) is 56.7 Å². The van der Waals surface area contributed by atoms with Crippen molar-refractivity contribution < 1.29 is 59.0 Å². The lowest BCUT2D eigenvalue weighted by Crippen LogP contribution is -2.68. The molecule has 0 bridgehead atoms. The molecule has 56 heavy (non-hydrogen) atoms. The largest absolute Gasteiger partial charge is 0.461 e. The van der Waals surface area contributed by atoms with E-state index < -0.39 is 87.2 Å². The number of carbonyl (C=O) groups excluding carboxylic acids is 6. The Morgan fingerprint density at radius 1 is 0.750 bits per heavy atom. The maximum Gasteiger partial charge on any atom is 0.306 e. The summed E-state index contributed by atoms with van der Waals surface area (Å²) in [4.78, 5) is 81.6. The summed E-state index contributed by atoms with van der Waals surface area (Å²) in [5, 5.41) is 55.8. The molecule has 12 nitrogen and oxygen atoms in total. The lowest BCUT2D eigenvalue weighted by Gasteiger charge is -2.67. The van der Waals surface area contributed by atoms with Crippen LogP contribution in [0.15, 0.2) is 23.3 Å². The average Bonchev–Trinajstić information content (AvgIpc) is 3.57. The van der Waals surface area contributed by atoms with Crippen molar-refractivity contribution in [1.29, 1.82) is 0 Å². The molecule has 1 unspecified atom stereocenters. The van der Waals surface area contributed by atoms with Crippen LogP contribution in [0.2, 0.25) is 0 Å². The molecule has 0 aliphatic heterocycles. The third-order valence-electron chi connectivity index (χ3n) is 18.4. The summed E-state index contributed by atoms with van der Waals surface area (Å²) in [5.41, 5.74) is -7.20. The van der Waals surface area contributed by atoms with Crippen molar-refractivity contribution in [2.45, 2.75) is 141 Å². The summed E-state index contributed by atoms with van der Waals surface area (Å²) in [6.45, 7) is 5.84. The fourth-order valence-corrected chi connectivity index (χ4v) is 15.4. The molecule has 0 aromatic heterocycles. The van der Waals surface area contributed by atoms with Gasteiger partial charge in [0, 0.05) is 46.8 Å². The van der Waals surface area contributed by atoms with Gasteiger partial charge in [0.05, 0.1) is 12.5 Å². The topological polar surface area (TPSA) is 213 Å². The number of fused-ring (bicyclic) bond motifs is 10. The Kier molecular flexibility index (Phi) is 9.12. The van der Waals surface area contributed by atoms with Crippen LogP contribution in [-0.4, -0.2) is 97.0 Å². The van der Waals surface area contributed by atoms with Crippen LogP contribution < -0.4 is 0 Å². The molecule has 8 aliphatic rings. The van der Waals surface area contributed by atoms with Crippen LogP contribution in [0.5, 0.6) is 0 Å². The molecule has 6 fully saturated rings. The number of allylic oxidation sites excluding steroid dienone is 1. The molecule has 0 aromatic carbocycles. The lowest BCUT2D eigenvalue weighted by molar-refractivity contribution is -0.229. The molecule has 14 atom stereocenters. The minimum absolute atomic E-state index is 0.00341. The van der Waals surface area contributed by atoms with Gasteiger partial charge < -0.3 is 30.3 Å². The summed E-state index contributed by atoms with van der Waals surface area (Å²) in [6.07, 6.45) is 4.54. The molecule has 0 amide bonds. The molecule has 8 rings (SSSR count). The highest BCUT2D eigenvalue weighted by Crippen LogP contribution is 2.74. The van der Waals surface area contributed by atoms with Gasteiger partial charge in [-0.25, -0.2) is 0 Å². The Morgan fingerprint density at radius 2 is 1.36 bits per heavy atom. The van der Waals surface area contributed by atoms with Crippen molar-refractivity contribution in [3.05, 3.63) is 23.3 Å². The molecule has 6 saturated carbocycles. The molecule has 0 saturated heterocycles. The van der Waals surface area contributed by atoms with Crippen LogP contribution in [0.4, 0.5) is 0 Å². The molecule has 8 aliphatic carbocycles. The summed E-state index contributed by atoms with van der Waals surface area (Å²) in [6, 6.07) is 0. The third kappa shape index (κ3) is 4.82. The third-order valence-corrected chi connectivity index (χ3v) is 18.4. The molecule has 12 heteroatoms. The standard InChI is InChI=1S/C44H58O12/c1-38-12-9-25(47)15-23(38)6-8-30-29-11-14-44(55,34(52)22-46)40(29,3)19-32(50)42(30,38)20-36(53)56-35-17-26(48)16-24-5-7-27-28-10-13-43(54,33(51)21-45)39(28,2)18-31(49)37(27)41(24,35)4/h15-16,27-30,32,35,37,45-46,50,54-55H,5-14,17-22H2,1-4H3/t27-,28-,29-,30-,32-,35?,37+,38-,39-,40-,41+,42+,43-,44-/m0/s1. The number of esters is 1. The first-order valence-corrected chi connectivity index (χ1v) is 20.8. The van der Waals surface area contributed by atoms with Crippen LogP contribution in [0.1, 0.15) is 118 Å². The molecule has 0 aromatic rings. The highest BCUT2D eigenvalue weighted by Gasteiger charge is 2.74. The maximum absolute atomic E-state index is 14.8. The van der Waals surface area contributed by atoms with Gasteiger partial charge in [-0.15, -0.1) is 0 Å². The van der Waals surface area contributed by atoms with E-state index in [1.165, 1.54) is 0 Å². The van der Waals surface area contributed by atoms with Gasteiger partial charge >= 0.3 is 5.97 Å². The van der Waals surface area contributed by atoms with Crippen LogP contribution in [0.3, 0.4) is 0 Å². The molecule has 0 heterocycles. The molecule has 0 spiro atoms. The van der Waals surface area contributed by atoms with Gasteiger partial charge in [-0.1, -0.05) is 38.8 Å². The van der Waals surface area contributed by atoms with Gasteiger partial charge in [-0.05, 0) is 105 Å². The van der Waals surface area contributed by atoms with Gasteiger partial charge in [0.15, 0.2) is 23.1 Å². The van der Waals surface area contributed by atoms with Crippen molar-refractivity contribution in [1.82, 2.24) is 0 Å². The van der Waals surface area contributed by atoms with E-state index in [2.05, 4.69) is 0 Å². The monoisotopic (exact) mass is 778 g/mol. The van der Waals surface area contributed by atoms with E-state index >= 15 is 0 Å². The second-order valence-electron chi connectivity index (χ2n) is 20.0. The summed E-state index contributed by atoms with van der Waals surface area (Å²) in [7, 11) is 0. The van der Waals surface area contributed by atoms with Crippen molar-refractivity contribution in [3.8, 4) is 0 Å². The quantitative estimate of drug-likeness (QED) is 0.236. The van der Waals surface area contributed by atoms with E-state index in [1.54, 1.807) is 26.0 Å². The first kappa shape index (κ1) is 39.9. The Hall–Kier alpha value is -2.90. The number of ketones is 5. The molecule has 306 valence electrons. The lowest BCUT2D eigenvalue weighted by atomic mass is 9.37. The fourth-order valence-electron chi connectivity index (χ4n) is 15.4.